The summed E-state index contributed by atoms with van der Waals surface area (Å²) >= 11 is 0. The molecule has 12 heteroatoms. The number of sulfonamides is 1. The van der Waals surface area contributed by atoms with Gasteiger partial charge in [0, 0.05) is 38.4 Å². The highest BCUT2D eigenvalue weighted by Gasteiger charge is 2.27. The largest absolute Gasteiger partial charge is 0.322 e. The van der Waals surface area contributed by atoms with Gasteiger partial charge in [0.2, 0.25) is 10.0 Å². The Labute approximate surface area is 223 Å². The highest BCUT2D eigenvalue weighted by atomic mass is 32.2. The summed E-state index contributed by atoms with van der Waals surface area (Å²) in [4.78, 5) is 12.9. The summed E-state index contributed by atoms with van der Waals surface area (Å²) in [6, 6.07) is 17.8. The quantitative estimate of drug-likeness (QED) is 0.381. The Balaban J connectivity index is 1.76. The average molecular weight is 563 g/mol. The van der Waals surface area contributed by atoms with E-state index in [1.54, 1.807) is 32.0 Å². The minimum absolute atomic E-state index is 0.0884. The molecule has 3 rings (SSSR count). The van der Waals surface area contributed by atoms with E-state index in [1.165, 1.54) is 73.0 Å². The molecule has 3 aromatic carbocycles. The van der Waals surface area contributed by atoms with Gasteiger partial charge in [-0.3, -0.25) is 9.10 Å². The van der Waals surface area contributed by atoms with E-state index in [0.717, 1.165) is 8.61 Å². The molecule has 38 heavy (non-hydrogen) atoms. The average Bonchev–Trinajstić information content (AvgIpc) is 2.89. The smallest absolute Gasteiger partial charge is 0.303 e. The molecule has 0 fully saturated rings. The van der Waals surface area contributed by atoms with Crippen LogP contribution in [-0.4, -0.2) is 58.5 Å². The summed E-state index contributed by atoms with van der Waals surface area (Å²) in [5.74, 6) is -1.10. The number of para-hydroxylation sites is 1. The fourth-order valence-corrected chi connectivity index (χ4v) is 6.26. The first-order valence-electron chi connectivity index (χ1n) is 11.9. The zero-order valence-corrected chi connectivity index (χ0v) is 23.3. The van der Waals surface area contributed by atoms with E-state index >= 15 is 0 Å². The summed E-state index contributed by atoms with van der Waals surface area (Å²) in [5, 5.41) is 2.72. The van der Waals surface area contributed by atoms with Crippen LogP contribution in [0.5, 0.6) is 0 Å². The van der Waals surface area contributed by atoms with Crippen LogP contribution >= 0.6 is 0 Å². The number of halogens is 1. The van der Waals surface area contributed by atoms with Crippen LogP contribution in [0.2, 0.25) is 0 Å². The summed E-state index contributed by atoms with van der Waals surface area (Å²) in [5.41, 5.74) is 1.18. The zero-order chi connectivity index (χ0) is 28.1. The highest BCUT2D eigenvalue weighted by Crippen LogP contribution is 2.26. The molecule has 0 atom stereocenters. The maximum absolute atomic E-state index is 14.5. The number of anilines is 2. The monoisotopic (exact) mass is 562 g/mol. The third-order valence-corrected chi connectivity index (χ3v) is 9.73. The number of benzene rings is 3. The van der Waals surface area contributed by atoms with Crippen LogP contribution in [0, 0.1) is 5.82 Å². The van der Waals surface area contributed by atoms with Crippen molar-refractivity contribution in [1.29, 1.82) is 0 Å². The van der Waals surface area contributed by atoms with E-state index in [0.29, 0.717) is 29.9 Å². The molecule has 0 heterocycles. The van der Waals surface area contributed by atoms with Gasteiger partial charge in [0.15, 0.2) is 0 Å². The minimum Gasteiger partial charge on any atom is -0.322 e. The summed E-state index contributed by atoms with van der Waals surface area (Å²) in [6.07, 6.45) is 0. The first-order chi connectivity index (χ1) is 17.9. The van der Waals surface area contributed by atoms with Gasteiger partial charge >= 0.3 is 10.2 Å². The molecule has 3 aromatic rings. The fraction of sp³-hybridized carbons (Fsp3) is 0.269. The van der Waals surface area contributed by atoms with Crippen molar-refractivity contribution < 1.29 is 26.0 Å². The van der Waals surface area contributed by atoms with Gasteiger partial charge in [-0.2, -0.15) is 17.0 Å². The lowest BCUT2D eigenvalue weighted by Crippen LogP contribution is -2.40. The molecular weight excluding hydrogens is 531 g/mol. The Morgan fingerprint density at radius 3 is 1.95 bits per heavy atom. The maximum Gasteiger partial charge on any atom is 0.303 e. The topological polar surface area (TPSA) is 107 Å². The lowest BCUT2D eigenvalue weighted by Gasteiger charge is -2.27. The molecule has 0 unspecified atom stereocenters. The zero-order valence-electron chi connectivity index (χ0n) is 21.6. The van der Waals surface area contributed by atoms with E-state index in [1.807, 2.05) is 0 Å². The van der Waals surface area contributed by atoms with Gasteiger partial charge in [-0.25, -0.2) is 12.8 Å². The lowest BCUT2D eigenvalue weighted by atomic mass is 10.1. The number of carbonyl (C=O) groups excluding carboxylic acids is 1. The maximum atomic E-state index is 14.5. The van der Waals surface area contributed by atoms with E-state index in [9.17, 15) is 26.0 Å². The fourth-order valence-electron chi connectivity index (χ4n) is 3.70. The second kappa shape index (κ2) is 12.0. The van der Waals surface area contributed by atoms with Crippen LogP contribution in [-0.2, 0) is 26.8 Å². The van der Waals surface area contributed by atoms with Crippen LogP contribution in [0.1, 0.15) is 29.8 Å². The third kappa shape index (κ3) is 6.38. The normalized spacial score (nSPS) is 12.1. The molecule has 0 radical (unpaired) electrons. The van der Waals surface area contributed by atoms with Gasteiger partial charge in [0.05, 0.1) is 17.1 Å². The Kier molecular flexibility index (Phi) is 9.26. The van der Waals surface area contributed by atoms with Crippen molar-refractivity contribution in [2.45, 2.75) is 25.3 Å². The predicted octanol–water partition coefficient (Wildman–Crippen LogP) is 3.92. The van der Waals surface area contributed by atoms with E-state index in [-0.39, 0.29) is 17.1 Å². The molecular formula is C26H31FN4O5S2. The van der Waals surface area contributed by atoms with Crippen LogP contribution < -0.4 is 9.62 Å². The molecule has 0 saturated heterocycles. The third-order valence-electron chi connectivity index (χ3n) is 5.86. The van der Waals surface area contributed by atoms with Crippen LogP contribution in [0.4, 0.5) is 15.8 Å². The van der Waals surface area contributed by atoms with Crippen LogP contribution in [0.15, 0.2) is 77.7 Å². The SMILES string of the molecule is CCN(CC)S(=O)(=O)c1ccc(NC(=O)c2ccc(CN(c3ccccc3F)S(=O)(=O)N(C)C)cc2)cc1. The van der Waals surface area contributed by atoms with Gasteiger partial charge in [-0.05, 0) is 54.1 Å². The van der Waals surface area contributed by atoms with Crippen molar-refractivity contribution in [1.82, 2.24) is 8.61 Å². The Bertz CT molecular complexity index is 1470. The number of rotatable bonds is 11. The van der Waals surface area contributed by atoms with Gasteiger partial charge < -0.3 is 5.32 Å². The van der Waals surface area contributed by atoms with Crippen molar-refractivity contribution in [3.63, 3.8) is 0 Å². The van der Waals surface area contributed by atoms with Gasteiger partial charge in [-0.15, -0.1) is 0 Å². The van der Waals surface area contributed by atoms with Crippen molar-refractivity contribution >= 4 is 37.5 Å². The highest BCUT2D eigenvalue weighted by molar-refractivity contribution is 7.90. The first kappa shape index (κ1) is 29.2. The molecule has 0 aliphatic carbocycles. The molecule has 0 aliphatic rings. The molecule has 0 spiro atoms. The van der Waals surface area contributed by atoms with E-state index in [4.69, 9.17) is 0 Å². The van der Waals surface area contributed by atoms with E-state index in [2.05, 4.69) is 5.32 Å². The number of carbonyl (C=O) groups is 1. The van der Waals surface area contributed by atoms with Crippen molar-refractivity contribution in [3.8, 4) is 0 Å². The van der Waals surface area contributed by atoms with Crippen molar-refractivity contribution in [2.75, 3.05) is 36.8 Å². The molecule has 204 valence electrons. The Morgan fingerprint density at radius 2 is 1.42 bits per heavy atom. The first-order valence-corrected chi connectivity index (χ1v) is 14.7. The van der Waals surface area contributed by atoms with Gasteiger partial charge in [-0.1, -0.05) is 38.1 Å². The van der Waals surface area contributed by atoms with Crippen LogP contribution in [0.3, 0.4) is 0 Å². The molecule has 9 nitrogen and oxygen atoms in total. The lowest BCUT2D eigenvalue weighted by molar-refractivity contribution is 0.102. The predicted molar refractivity (Wildman–Crippen MR) is 146 cm³/mol. The minimum atomic E-state index is -4.00. The Hall–Kier alpha value is -3.32. The van der Waals surface area contributed by atoms with E-state index < -0.39 is 32.0 Å². The summed E-state index contributed by atoms with van der Waals surface area (Å²) < 4.78 is 68.9. The number of hydrogen-bond donors (Lipinski definition) is 1. The molecule has 1 N–H and O–H groups in total. The molecule has 0 aromatic heterocycles. The van der Waals surface area contributed by atoms with Gasteiger partial charge in [0.1, 0.15) is 5.82 Å². The number of hydrogen-bond acceptors (Lipinski definition) is 5. The van der Waals surface area contributed by atoms with Gasteiger partial charge in [0.25, 0.3) is 5.91 Å². The number of nitrogens with zero attached hydrogens (tertiary/aromatic N) is 3. The summed E-state index contributed by atoms with van der Waals surface area (Å²) in [6.45, 7) is 4.09. The number of amides is 1. The van der Waals surface area contributed by atoms with Crippen LogP contribution in [0.25, 0.3) is 0 Å². The molecule has 0 aliphatic heterocycles. The number of nitrogens with one attached hydrogen (secondary N) is 1. The molecule has 0 bridgehead atoms. The summed E-state index contributed by atoms with van der Waals surface area (Å²) in [7, 11) is -4.88. The van der Waals surface area contributed by atoms with Crippen molar-refractivity contribution in [2.24, 2.45) is 0 Å². The second-order valence-corrected chi connectivity index (χ2v) is 12.5. The molecule has 1 amide bonds. The standard InChI is InChI=1S/C26H31FN4O5S2/c1-5-30(6-2)37(33,34)23-17-15-22(16-18-23)28-26(32)21-13-11-20(12-14-21)19-31(38(35,36)29(3)4)25-10-8-7-9-24(25)27/h7-18H,5-6,19H2,1-4H3,(H,28,32). The second-order valence-electron chi connectivity index (χ2n) is 8.51. The van der Waals surface area contributed by atoms with Crippen molar-refractivity contribution in [3.05, 3.63) is 89.7 Å². The molecule has 0 saturated carbocycles. The Morgan fingerprint density at radius 1 is 0.842 bits per heavy atom.